The number of piperidine rings is 1. The van der Waals surface area contributed by atoms with E-state index in [1.807, 2.05) is 0 Å². The molecule has 1 aromatic rings. The van der Waals surface area contributed by atoms with Crippen LogP contribution in [0.25, 0.3) is 0 Å². The number of carbonyl (C=O) groups excluding carboxylic acids is 1. The lowest BCUT2D eigenvalue weighted by Gasteiger charge is -2.30. The molecule has 21 heavy (non-hydrogen) atoms. The normalized spacial score (nSPS) is 19.3. The lowest BCUT2D eigenvalue weighted by molar-refractivity contribution is -0.143. The molecule has 1 aliphatic rings. The van der Waals surface area contributed by atoms with Crippen LogP contribution in [0.15, 0.2) is 29.2 Å². The summed E-state index contributed by atoms with van der Waals surface area (Å²) in [6.07, 6.45) is 2.27. The number of hydrogen-bond acceptors (Lipinski definition) is 4. The maximum Gasteiger partial charge on any atom is 0.308 e. The molecule has 0 aromatic heterocycles. The summed E-state index contributed by atoms with van der Waals surface area (Å²) < 4.78 is 23.0. The number of likely N-dealkylation sites (tertiary alicyclic amines) is 1. The van der Waals surface area contributed by atoms with Crippen molar-refractivity contribution in [2.45, 2.75) is 17.7 Å². The molecule has 0 spiro atoms. The summed E-state index contributed by atoms with van der Waals surface area (Å²) in [5, 5.41) is 9.04. The van der Waals surface area contributed by atoms with Crippen molar-refractivity contribution in [1.29, 1.82) is 0 Å². The molecule has 1 heterocycles. The Balaban J connectivity index is 2.22. The number of amides is 1. The van der Waals surface area contributed by atoms with E-state index in [1.165, 1.54) is 23.1 Å². The maximum absolute atomic E-state index is 12.4. The van der Waals surface area contributed by atoms with E-state index in [1.54, 1.807) is 6.07 Å². The van der Waals surface area contributed by atoms with Crippen molar-refractivity contribution >= 4 is 21.7 Å². The van der Waals surface area contributed by atoms with E-state index in [0.717, 1.165) is 6.26 Å². The Morgan fingerprint density at radius 3 is 2.67 bits per heavy atom. The number of carboxylic acids is 1. The molecule has 1 aromatic carbocycles. The molecule has 0 radical (unpaired) electrons. The van der Waals surface area contributed by atoms with Gasteiger partial charge in [-0.2, -0.15) is 0 Å². The first kappa shape index (κ1) is 15.5. The van der Waals surface area contributed by atoms with Crippen molar-refractivity contribution in [3.8, 4) is 0 Å². The Kier molecular flexibility index (Phi) is 4.32. The van der Waals surface area contributed by atoms with Crippen LogP contribution in [0.2, 0.25) is 0 Å². The fraction of sp³-hybridized carbons (Fsp3) is 0.429. The molecule has 1 saturated heterocycles. The van der Waals surface area contributed by atoms with Gasteiger partial charge in [-0.05, 0) is 31.0 Å². The van der Waals surface area contributed by atoms with Crippen molar-refractivity contribution in [1.82, 2.24) is 4.90 Å². The topological polar surface area (TPSA) is 91.8 Å². The molecular weight excluding hydrogens is 294 g/mol. The predicted octanol–water partition coefficient (Wildman–Crippen LogP) is 1.03. The molecule has 7 heteroatoms. The molecule has 1 atom stereocenters. The number of carboxylic acid groups (broad SMARTS) is 1. The maximum atomic E-state index is 12.4. The van der Waals surface area contributed by atoms with Crippen LogP contribution in [-0.2, 0) is 14.6 Å². The van der Waals surface area contributed by atoms with Crippen LogP contribution >= 0.6 is 0 Å². The summed E-state index contributed by atoms with van der Waals surface area (Å²) in [5.74, 6) is -1.79. The highest BCUT2D eigenvalue weighted by Crippen LogP contribution is 2.20. The first-order valence-electron chi connectivity index (χ1n) is 6.61. The molecule has 114 valence electrons. The molecule has 1 N–H and O–H groups in total. The highest BCUT2D eigenvalue weighted by atomic mass is 32.2. The third-order valence-electron chi connectivity index (χ3n) is 3.57. The third kappa shape index (κ3) is 3.60. The fourth-order valence-corrected chi connectivity index (χ4v) is 3.07. The lowest BCUT2D eigenvalue weighted by atomic mass is 9.97. The first-order valence-corrected chi connectivity index (χ1v) is 8.50. The molecule has 0 bridgehead atoms. The SMILES string of the molecule is CS(=O)(=O)c1cccc(C(=O)N2CCCC(C(=O)O)C2)c1. The van der Waals surface area contributed by atoms with Crippen LogP contribution < -0.4 is 0 Å². The number of rotatable bonds is 3. The van der Waals surface area contributed by atoms with E-state index in [9.17, 15) is 18.0 Å². The van der Waals surface area contributed by atoms with Crippen LogP contribution in [-0.4, -0.2) is 49.6 Å². The van der Waals surface area contributed by atoms with E-state index in [-0.39, 0.29) is 22.9 Å². The standard InChI is InChI=1S/C14H17NO5S/c1-21(19,20)12-6-2-4-10(8-12)13(16)15-7-3-5-11(9-15)14(17)18/h2,4,6,8,11H,3,5,7,9H2,1H3,(H,17,18). The smallest absolute Gasteiger partial charge is 0.308 e. The highest BCUT2D eigenvalue weighted by Gasteiger charge is 2.28. The number of benzene rings is 1. The summed E-state index contributed by atoms with van der Waals surface area (Å²) in [6.45, 7) is 0.656. The van der Waals surface area contributed by atoms with Crippen LogP contribution in [0.4, 0.5) is 0 Å². The Hall–Kier alpha value is -1.89. The fourth-order valence-electron chi connectivity index (χ4n) is 2.41. The van der Waals surface area contributed by atoms with Gasteiger partial charge in [0, 0.05) is 24.9 Å². The van der Waals surface area contributed by atoms with Crippen molar-refractivity contribution in [2.75, 3.05) is 19.3 Å². The van der Waals surface area contributed by atoms with Gasteiger partial charge in [0.2, 0.25) is 0 Å². The Labute approximate surface area is 123 Å². The summed E-state index contributed by atoms with van der Waals surface area (Å²) in [7, 11) is -3.38. The average molecular weight is 311 g/mol. The van der Waals surface area contributed by atoms with Crippen molar-refractivity contribution in [2.24, 2.45) is 5.92 Å². The average Bonchev–Trinajstić information content (AvgIpc) is 2.46. The van der Waals surface area contributed by atoms with E-state index >= 15 is 0 Å². The third-order valence-corrected chi connectivity index (χ3v) is 4.68. The van der Waals surface area contributed by atoms with Crippen molar-refractivity contribution in [3.63, 3.8) is 0 Å². The quantitative estimate of drug-likeness (QED) is 0.900. The van der Waals surface area contributed by atoms with Crippen LogP contribution in [0.1, 0.15) is 23.2 Å². The zero-order valence-electron chi connectivity index (χ0n) is 11.7. The van der Waals surface area contributed by atoms with Gasteiger partial charge in [0.25, 0.3) is 5.91 Å². The molecule has 0 saturated carbocycles. The van der Waals surface area contributed by atoms with Gasteiger partial charge in [-0.15, -0.1) is 0 Å². The number of sulfone groups is 1. The lowest BCUT2D eigenvalue weighted by Crippen LogP contribution is -2.42. The van der Waals surface area contributed by atoms with Gasteiger partial charge in [-0.1, -0.05) is 6.07 Å². The molecule has 0 aliphatic carbocycles. The number of aliphatic carboxylic acids is 1. The largest absolute Gasteiger partial charge is 0.481 e. The van der Waals surface area contributed by atoms with Gasteiger partial charge in [-0.3, -0.25) is 9.59 Å². The highest BCUT2D eigenvalue weighted by molar-refractivity contribution is 7.90. The molecule has 1 aliphatic heterocycles. The second kappa shape index (κ2) is 5.85. The van der Waals surface area contributed by atoms with E-state index in [2.05, 4.69) is 0 Å². The predicted molar refractivity (Wildman–Crippen MR) is 75.8 cm³/mol. The number of hydrogen-bond donors (Lipinski definition) is 1. The first-order chi connectivity index (χ1) is 9.79. The van der Waals surface area contributed by atoms with Crippen LogP contribution in [0.3, 0.4) is 0 Å². The summed E-state index contributed by atoms with van der Waals surface area (Å²) >= 11 is 0. The molecule has 1 amide bonds. The van der Waals surface area contributed by atoms with Gasteiger partial charge < -0.3 is 10.0 Å². The minimum atomic E-state index is -3.38. The van der Waals surface area contributed by atoms with Gasteiger partial charge in [0.15, 0.2) is 9.84 Å². The van der Waals surface area contributed by atoms with Crippen molar-refractivity contribution in [3.05, 3.63) is 29.8 Å². The van der Waals surface area contributed by atoms with Crippen LogP contribution in [0, 0.1) is 5.92 Å². The Morgan fingerprint density at radius 2 is 2.05 bits per heavy atom. The monoisotopic (exact) mass is 311 g/mol. The second-order valence-electron chi connectivity index (χ2n) is 5.23. The number of nitrogens with zero attached hydrogens (tertiary/aromatic N) is 1. The minimum absolute atomic E-state index is 0.0835. The van der Waals surface area contributed by atoms with Crippen LogP contribution in [0.5, 0.6) is 0 Å². The minimum Gasteiger partial charge on any atom is -0.481 e. The molecule has 2 rings (SSSR count). The zero-order chi connectivity index (χ0) is 15.6. The molecule has 1 unspecified atom stereocenters. The Morgan fingerprint density at radius 1 is 1.33 bits per heavy atom. The van der Waals surface area contributed by atoms with Gasteiger partial charge in [-0.25, -0.2) is 8.42 Å². The van der Waals surface area contributed by atoms with Gasteiger partial charge in [0.05, 0.1) is 10.8 Å². The summed E-state index contributed by atoms with van der Waals surface area (Å²) in [6, 6.07) is 5.83. The summed E-state index contributed by atoms with van der Waals surface area (Å²) in [4.78, 5) is 25.0. The van der Waals surface area contributed by atoms with Crippen molar-refractivity contribution < 1.29 is 23.1 Å². The van der Waals surface area contributed by atoms with Gasteiger partial charge in [0.1, 0.15) is 0 Å². The molecule has 6 nitrogen and oxygen atoms in total. The number of carbonyl (C=O) groups is 2. The second-order valence-corrected chi connectivity index (χ2v) is 7.24. The van der Waals surface area contributed by atoms with Gasteiger partial charge >= 0.3 is 5.97 Å². The summed E-state index contributed by atoms with van der Waals surface area (Å²) in [5.41, 5.74) is 0.268. The molecular formula is C14H17NO5S. The molecule has 1 fully saturated rings. The zero-order valence-corrected chi connectivity index (χ0v) is 12.5. The Bertz CT molecular complexity index is 668. The van der Waals surface area contributed by atoms with E-state index in [0.29, 0.717) is 19.4 Å². The van der Waals surface area contributed by atoms with E-state index < -0.39 is 21.7 Å². The van der Waals surface area contributed by atoms with E-state index in [4.69, 9.17) is 5.11 Å².